The molecule has 2 rings (SSSR count). The van der Waals surface area contributed by atoms with Gasteiger partial charge in [0.15, 0.2) is 0 Å². The van der Waals surface area contributed by atoms with Crippen molar-refractivity contribution < 1.29 is 4.79 Å². The molecule has 1 aromatic carbocycles. The van der Waals surface area contributed by atoms with Crippen molar-refractivity contribution in [2.24, 2.45) is 0 Å². The molecule has 0 atom stereocenters. The van der Waals surface area contributed by atoms with E-state index >= 15 is 0 Å². The lowest BCUT2D eigenvalue weighted by Crippen LogP contribution is -2.27. The Morgan fingerprint density at radius 2 is 2.28 bits per heavy atom. The zero-order valence-electron chi connectivity index (χ0n) is 10.5. The van der Waals surface area contributed by atoms with E-state index < -0.39 is 0 Å². The Kier molecular flexibility index (Phi) is 3.32. The Labute approximate surface area is 106 Å². The number of carbonyl (C=O) groups is 1. The Balaban J connectivity index is 2.15. The van der Waals surface area contributed by atoms with Gasteiger partial charge in [0.25, 0.3) is 5.91 Å². The van der Waals surface area contributed by atoms with Crippen molar-refractivity contribution in [3.63, 3.8) is 0 Å². The molecule has 0 spiro atoms. The monoisotopic (exact) mass is 244 g/mol. The number of H-pyrrole nitrogens is 1. The van der Waals surface area contributed by atoms with E-state index in [9.17, 15) is 4.79 Å². The first-order valence-corrected chi connectivity index (χ1v) is 5.68. The minimum absolute atomic E-state index is 0.0381. The van der Waals surface area contributed by atoms with Gasteiger partial charge in [0.05, 0.1) is 6.54 Å². The average molecular weight is 244 g/mol. The topological polar surface area (TPSA) is 75.0 Å². The number of aryl methyl sites for hydroxylation is 1. The van der Waals surface area contributed by atoms with Crippen molar-refractivity contribution in [1.29, 1.82) is 0 Å². The normalized spacial score (nSPS) is 10.3. The number of nitrogen functional groups attached to an aromatic ring is 1. The standard InChI is InChI=1S/C13H16N4O/c1-9-7-10(14)3-4-11(9)13(18)17(2)8-12-15-5-6-16-12/h3-7H,8,14H2,1-2H3,(H,15,16). The molecule has 3 N–H and O–H groups in total. The lowest BCUT2D eigenvalue weighted by Gasteiger charge is -2.17. The van der Waals surface area contributed by atoms with Crippen molar-refractivity contribution in [3.8, 4) is 0 Å². The molecule has 1 aromatic heterocycles. The van der Waals surface area contributed by atoms with Gasteiger partial charge in [-0.1, -0.05) is 0 Å². The van der Waals surface area contributed by atoms with Gasteiger partial charge >= 0.3 is 0 Å². The number of benzene rings is 1. The van der Waals surface area contributed by atoms with Crippen LogP contribution in [0.25, 0.3) is 0 Å². The molecule has 2 aromatic rings. The fourth-order valence-corrected chi connectivity index (χ4v) is 1.81. The van der Waals surface area contributed by atoms with Gasteiger partial charge in [-0.25, -0.2) is 4.98 Å². The summed E-state index contributed by atoms with van der Waals surface area (Å²) in [6, 6.07) is 5.29. The van der Waals surface area contributed by atoms with Gasteiger partial charge in [-0.3, -0.25) is 4.79 Å². The van der Waals surface area contributed by atoms with Crippen molar-refractivity contribution in [3.05, 3.63) is 47.5 Å². The lowest BCUT2D eigenvalue weighted by molar-refractivity contribution is 0.0781. The summed E-state index contributed by atoms with van der Waals surface area (Å²) in [5.74, 6) is 0.725. The fourth-order valence-electron chi connectivity index (χ4n) is 1.81. The molecule has 1 heterocycles. The van der Waals surface area contributed by atoms with Gasteiger partial charge in [-0.15, -0.1) is 0 Å². The number of amides is 1. The summed E-state index contributed by atoms with van der Waals surface area (Å²) in [6.07, 6.45) is 3.41. The van der Waals surface area contributed by atoms with Crippen LogP contribution in [0.15, 0.2) is 30.6 Å². The Morgan fingerprint density at radius 3 is 2.89 bits per heavy atom. The van der Waals surface area contributed by atoms with Crippen LogP contribution >= 0.6 is 0 Å². The molecule has 0 aliphatic carbocycles. The van der Waals surface area contributed by atoms with Crippen molar-refractivity contribution >= 4 is 11.6 Å². The van der Waals surface area contributed by atoms with E-state index in [0.717, 1.165) is 11.4 Å². The molecule has 0 bridgehead atoms. The first kappa shape index (κ1) is 12.2. The second-order valence-corrected chi connectivity index (χ2v) is 4.27. The predicted molar refractivity (Wildman–Crippen MR) is 70.0 cm³/mol. The highest BCUT2D eigenvalue weighted by Crippen LogP contribution is 2.14. The summed E-state index contributed by atoms with van der Waals surface area (Å²) in [4.78, 5) is 20.9. The number of aromatic nitrogens is 2. The number of aromatic amines is 1. The predicted octanol–water partition coefficient (Wildman–Crippen LogP) is 1.57. The van der Waals surface area contributed by atoms with Crippen molar-refractivity contribution in [2.45, 2.75) is 13.5 Å². The maximum absolute atomic E-state index is 12.2. The molecule has 94 valence electrons. The first-order valence-electron chi connectivity index (χ1n) is 5.68. The van der Waals surface area contributed by atoms with E-state index in [1.54, 1.807) is 42.5 Å². The second-order valence-electron chi connectivity index (χ2n) is 4.27. The quantitative estimate of drug-likeness (QED) is 0.805. The summed E-state index contributed by atoms with van der Waals surface area (Å²) >= 11 is 0. The van der Waals surface area contributed by atoms with Gasteiger partial charge < -0.3 is 15.6 Å². The summed E-state index contributed by atoms with van der Waals surface area (Å²) in [6.45, 7) is 2.33. The SMILES string of the molecule is Cc1cc(N)ccc1C(=O)N(C)Cc1ncc[nH]1. The van der Waals surface area contributed by atoms with Gasteiger partial charge in [0.2, 0.25) is 0 Å². The number of rotatable bonds is 3. The van der Waals surface area contributed by atoms with Crippen LogP contribution in [0.5, 0.6) is 0 Å². The van der Waals surface area contributed by atoms with Gasteiger partial charge in [0, 0.05) is 30.7 Å². The number of carbonyl (C=O) groups excluding carboxylic acids is 1. The molecule has 0 radical (unpaired) electrons. The number of hydrogen-bond donors (Lipinski definition) is 2. The summed E-state index contributed by atoms with van der Waals surface area (Å²) in [7, 11) is 1.75. The van der Waals surface area contributed by atoms with Crippen LogP contribution in [0.3, 0.4) is 0 Å². The molecule has 1 amide bonds. The molecular weight excluding hydrogens is 228 g/mol. The molecule has 0 saturated heterocycles. The zero-order valence-corrected chi connectivity index (χ0v) is 10.5. The maximum atomic E-state index is 12.2. The third kappa shape index (κ3) is 2.51. The number of nitrogens with zero attached hydrogens (tertiary/aromatic N) is 2. The van der Waals surface area contributed by atoms with Crippen LogP contribution in [-0.2, 0) is 6.54 Å². The first-order chi connectivity index (χ1) is 8.58. The van der Waals surface area contributed by atoms with E-state index in [1.807, 2.05) is 6.92 Å². The molecule has 0 aliphatic heterocycles. The third-order valence-corrected chi connectivity index (χ3v) is 2.77. The van der Waals surface area contributed by atoms with Crippen LogP contribution in [0.1, 0.15) is 21.7 Å². The van der Waals surface area contributed by atoms with Crippen LogP contribution < -0.4 is 5.73 Å². The van der Waals surface area contributed by atoms with Crippen LogP contribution in [-0.4, -0.2) is 27.8 Å². The van der Waals surface area contributed by atoms with E-state index in [-0.39, 0.29) is 5.91 Å². The fraction of sp³-hybridized carbons (Fsp3) is 0.231. The van der Waals surface area contributed by atoms with Crippen LogP contribution in [0, 0.1) is 6.92 Å². The summed E-state index contributed by atoms with van der Waals surface area (Å²) in [5.41, 5.74) is 7.88. The van der Waals surface area contributed by atoms with E-state index in [0.29, 0.717) is 17.8 Å². The van der Waals surface area contributed by atoms with Gasteiger partial charge in [-0.05, 0) is 30.7 Å². The largest absolute Gasteiger partial charge is 0.399 e. The Bertz CT molecular complexity index is 548. The summed E-state index contributed by atoms with van der Waals surface area (Å²) in [5, 5.41) is 0. The highest BCUT2D eigenvalue weighted by atomic mass is 16.2. The van der Waals surface area contributed by atoms with Gasteiger partial charge in [0.1, 0.15) is 5.82 Å². The second kappa shape index (κ2) is 4.91. The number of hydrogen-bond acceptors (Lipinski definition) is 3. The Hall–Kier alpha value is -2.30. The summed E-state index contributed by atoms with van der Waals surface area (Å²) < 4.78 is 0. The highest BCUT2D eigenvalue weighted by Gasteiger charge is 2.15. The Morgan fingerprint density at radius 1 is 1.50 bits per heavy atom. The van der Waals surface area contributed by atoms with Gasteiger partial charge in [-0.2, -0.15) is 0 Å². The van der Waals surface area contributed by atoms with Crippen LogP contribution in [0.4, 0.5) is 5.69 Å². The molecule has 0 aliphatic rings. The molecule has 0 fully saturated rings. The molecule has 0 unspecified atom stereocenters. The lowest BCUT2D eigenvalue weighted by atomic mass is 10.1. The number of anilines is 1. The van der Waals surface area contributed by atoms with Crippen molar-refractivity contribution in [1.82, 2.24) is 14.9 Å². The smallest absolute Gasteiger partial charge is 0.254 e. The minimum Gasteiger partial charge on any atom is -0.399 e. The minimum atomic E-state index is -0.0381. The maximum Gasteiger partial charge on any atom is 0.254 e. The average Bonchev–Trinajstić information content (AvgIpc) is 2.81. The number of imidazole rings is 1. The number of nitrogens with one attached hydrogen (secondary N) is 1. The van der Waals surface area contributed by atoms with E-state index in [2.05, 4.69) is 9.97 Å². The van der Waals surface area contributed by atoms with Crippen molar-refractivity contribution in [2.75, 3.05) is 12.8 Å². The molecule has 0 saturated carbocycles. The molecular formula is C13H16N4O. The number of nitrogens with two attached hydrogens (primary N) is 1. The molecule has 5 heteroatoms. The van der Waals surface area contributed by atoms with Crippen LogP contribution in [0.2, 0.25) is 0 Å². The molecule has 18 heavy (non-hydrogen) atoms. The third-order valence-electron chi connectivity index (χ3n) is 2.77. The molecule has 5 nitrogen and oxygen atoms in total. The van der Waals surface area contributed by atoms with E-state index in [1.165, 1.54) is 0 Å². The van der Waals surface area contributed by atoms with E-state index in [4.69, 9.17) is 5.73 Å². The zero-order chi connectivity index (χ0) is 13.1. The highest BCUT2D eigenvalue weighted by molar-refractivity contribution is 5.95.